The van der Waals surface area contributed by atoms with E-state index in [0.717, 1.165) is 5.56 Å². The predicted octanol–water partition coefficient (Wildman–Crippen LogP) is 3.06. The number of furan rings is 1. The highest BCUT2D eigenvalue weighted by Gasteiger charge is 2.06. The van der Waals surface area contributed by atoms with E-state index in [9.17, 15) is 4.79 Å². The van der Waals surface area contributed by atoms with Gasteiger partial charge in [0.1, 0.15) is 17.4 Å². The summed E-state index contributed by atoms with van der Waals surface area (Å²) in [6.45, 7) is 0.389. The highest BCUT2D eigenvalue weighted by Crippen LogP contribution is 2.04. The monoisotopic (exact) mass is 278 g/mol. The molecule has 1 aromatic carbocycles. The first kappa shape index (κ1) is 14.4. The van der Waals surface area contributed by atoms with Gasteiger partial charge in [-0.25, -0.2) is 0 Å². The first-order chi connectivity index (χ1) is 10.3. The van der Waals surface area contributed by atoms with Crippen LogP contribution in [0.2, 0.25) is 0 Å². The SMILES string of the molecule is N#C/C(=C/C=C/c1ccco1)C(=O)NCc1ccccc1. The van der Waals surface area contributed by atoms with Gasteiger partial charge in [-0.15, -0.1) is 0 Å². The van der Waals surface area contributed by atoms with Crippen LogP contribution in [0, 0.1) is 11.3 Å². The number of nitrogens with zero attached hydrogens (tertiary/aromatic N) is 1. The number of benzene rings is 1. The molecular formula is C17H14N2O2. The van der Waals surface area contributed by atoms with Crippen molar-refractivity contribution in [3.8, 4) is 6.07 Å². The summed E-state index contributed by atoms with van der Waals surface area (Å²) in [4.78, 5) is 11.9. The Bertz CT molecular complexity index is 677. The third kappa shape index (κ3) is 4.51. The van der Waals surface area contributed by atoms with Gasteiger partial charge in [0.25, 0.3) is 5.91 Å². The van der Waals surface area contributed by atoms with Crippen LogP contribution in [0.4, 0.5) is 0 Å². The van der Waals surface area contributed by atoms with E-state index in [-0.39, 0.29) is 5.57 Å². The van der Waals surface area contributed by atoms with Gasteiger partial charge in [-0.1, -0.05) is 36.4 Å². The van der Waals surface area contributed by atoms with Crippen LogP contribution < -0.4 is 5.32 Å². The molecule has 2 rings (SSSR count). The minimum atomic E-state index is -0.398. The van der Waals surface area contributed by atoms with Crippen molar-refractivity contribution < 1.29 is 9.21 Å². The molecule has 0 radical (unpaired) electrons. The number of hydrogen-bond acceptors (Lipinski definition) is 3. The molecule has 2 aromatic rings. The lowest BCUT2D eigenvalue weighted by molar-refractivity contribution is -0.117. The third-order valence-corrected chi connectivity index (χ3v) is 2.73. The summed E-state index contributed by atoms with van der Waals surface area (Å²) in [5.74, 6) is 0.263. The van der Waals surface area contributed by atoms with Crippen molar-refractivity contribution >= 4 is 12.0 Å². The number of allylic oxidation sites excluding steroid dienone is 2. The average molecular weight is 278 g/mol. The van der Waals surface area contributed by atoms with E-state index in [1.807, 2.05) is 36.4 Å². The van der Waals surface area contributed by atoms with Crippen molar-refractivity contribution in [3.63, 3.8) is 0 Å². The van der Waals surface area contributed by atoms with Crippen LogP contribution in [0.5, 0.6) is 0 Å². The van der Waals surface area contributed by atoms with Gasteiger partial charge in [0.15, 0.2) is 0 Å². The van der Waals surface area contributed by atoms with E-state index >= 15 is 0 Å². The van der Waals surface area contributed by atoms with Crippen LogP contribution in [0.25, 0.3) is 6.08 Å². The van der Waals surface area contributed by atoms with Gasteiger partial charge in [0.05, 0.1) is 6.26 Å². The normalized spacial score (nSPS) is 11.3. The molecule has 0 aliphatic carbocycles. The topological polar surface area (TPSA) is 66.0 Å². The standard InChI is InChI=1S/C17H14N2O2/c18-12-15(8-4-9-16-10-5-11-21-16)17(20)19-13-14-6-2-1-3-7-14/h1-11H,13H2,(H,19,20)/b9-4+,15-8-. The Morgan fingerprint density at radius 3 is 2.71 bits per heavy atom. The van der Waals surface area contributed by atoms with E-state index < -0.39 is 5.91 Å². The molecule has 0 unspecified atom stereocenters. The second-order valence-corrected chi connectivity index (χ2v) is 4.23. The molecular weight excluding hydrogens is 264 g/mol. The van der Waals surface area contributed by atoms with E-state index in [1.54, 1.807) is 30.5 Å². The molecule has 0 bridgehead atoms. The van der Waals surface area contributed by atoms with Crippen molar-refractivity contribution in [2.24, 2.45) is 0 Å². The molecule has 0 fully saturated rings. The fourth-order valence-electron chi connectivity index (χ4n) is 1.66. The Morgan fingerprint density at radius 1 is 1.24 bits per heavy atom. The number of nitriles is 1. The summed E-state index contributed by atoms with van der Waals surface area (Å²) >= 11 is 0. The summed E-state index contributed by atoms with van der Waals surface area (Å²) in [6.07, 6.45) is 6.31. The molecule has 0 saturated heterocycles. The molecule has 0 atom stereocenters. The van der Waals surface area contributed by atoms with Gasteiger partial charge in [-0.3, -0.25) is 4.79 Å². The first-order valence-electron chi connectivity index (χ1n) is 6.43. The average Bonchev–Trinajstić information content (AvgIpc) is 3.03. The van der Waals surface area contributed by atoms with Gasteiger partial charge in [0, 0.05) is 6.54 Å². The van der Waals surface area contributed by atoms with Crippen LogP contribution in [-0.4, -0.2) is 5.91 Å². The molecule has 4 nitrogen and oxygen atoms in total. The summed E-state index contributed by atoms with van der Waals surface area (Å²) < 4.78 is 5.12. The lowest BCUT2D eigenvalue weighted by Crippen LogP contribution is -2.23. The molecule has 104 valence electrons. The number of carbonyl (C=O) groups excluding carboxylic acids is 1. The smallest absolute Gasteiger partial charge is 0.262 e. The maximum Gasteiger partial charge on any atom is 0.262 e. The van der Waals surface area contributed by atoms with Gasteiger partial charge < -0.3 is 9.73 Å². The minimum absolute atomic E-state index is 0.0498. The molecule has 1 amide bonds. The Balaban J connectivity index is 1.94. The lowest BCUT2D eigenvalue weighted by Gasteiger charge is -2.03. The molecule has 4 heteroatoms. The second kappa shape index (κ2) is 7.51. The van der Waals surface area contributed by atoms with E-state index in [4.69, 9.17) is 9.68 Å². The Morgan fingerprint density at radius 2 is 2.05 bits per heavy atom. The maximum absolute atomic E-state index is 11.9. The number of rotatable bonds is 5. The van der Waals surface area contributed by atoms with Crippen LogP contribution in [0.1, 0.15) is 11.3 Å². The highest BCUT2D eigenvalue weighted by atomic mass is 16.3. The van der Waals surface area contributed by atoms with Crippen molar-refractivity contribution in [2.75, 3.05) is 0 Å². The third-order valence-electron chi connectivity index (χ3n) is 2.73. The van der Waals surface area contributed by atoms with Crippen molar-refractivity contribution in [2.45, 2.75) is 6.54 Å². The fraction of sp³-hybridized carbons (Fsp3) is 0.0588. The minimum Gasteiger partial charge on any atom is -0.465 e. The largest absolute Gasteiger partial charge is 0.465 e. The molecule has 1 heterocycles. The first-order valence-corrected chi connectivity index (χ1v) is 6.43. The Hall–Kier alpha value is -3.06. The van der Waals surface area contributed by atoms with E-state index in [0.29, 0.717) is 12.3 Å². The zero-order valence-corrected chi connectivity index (χ0v) is 11.3. The van der Waals surface area contributed by atoms with Crippen LogP contribution in [-0.2, 0) is 11.3 Å². The van der Waals surface area contributed by atoms with Gasteiger partial charge in [-0.05, 0) is 29.8 Å². The molecule has 0 aliphatic heterocycles. The number of nitrogens with one attached hydrogen (secondary N) is 1. The van der Waals surface area contributed by atoms with E-state index in [2.05, 4.69) is 5.32 Å². The molecule has 0 saturated carbocycles. The zero-order chi connectivity index (χ0) is 14.9. The fourth-order valence-corrected chi connectivity index (χ4v) is 1.66. The molecule has 21 heavy (non-hydrogen) atoms. The number of amides is 1. The van der Waals surface area contributed by atoms with Crippen LogP contribution >= 0.6 is 0 Å². The van der Waals surface area contributed by atoms with Gasteiger partial charge in [-0.2, -0.15) is 5.26 Å². The number of carbonyl (C=O) groups is 1. The predicted molar refractivity (Wildman–Crippen MR) is 79.7 cm³/mol. The van der Waals surface area contributed by atoms with Crippen molar-refractivity contribution in [1.29, 1.82) is 5.26 Å². The summed E-state index contributed by atoms with van der Waals surface area (Å²) in [7, 11) is 0. The quantitative estimate of drug-likeness (QED) is 0.519. The van der Waals surface area contributed by atoms with Crippen LogP contribution in [0.15, 0.2) is 70.9 Å². The van der Waals surface area contributed by atoms with E-state index in [1.165, 1.54) is 6.08 Å². The Labute approximate surface area is 123 Å². The molecule has 0 spiro atoms. The van der Waals surface area contributed by atoms with Gasteiger partial charge >= 0.3 is 0 Å². The molecule has 1 aromatic heterocycles. The van der Waals surface area contributed by atoms with Gasteiger partial charge in [0.2, 0.25) is 0 Å². The molecule has 0 aliphatic rings. The maximum atomic E-state index is 11.9. The van der Waals surface area contributed by atoms with Crippen LogP contribution in [0.3, 0.4) is 0 Å². The van der Waals surface area contributed by atoms with Crippen molar-refractivity contribution in [1.82, 2.24) is 5.32 Å². The summed E-state index contributed by atoms with van der Waals surface area (Å²) in [5, 5.41) is 11.7. The summed E-state index contributed by atoms with van der Waals surface area (Å²) in [6, 6.07) is 15.0. The second-order valence-electron chi connectivity index (χ2n) is 4.23. The lowest BCUT2D eigenvalue weighted by atomic mass is 10.2. The Kier molecular flexibility index (Phi) is 5.13. The van der Waals surface area contributed by atoms with Crippen molar-refractivity contribution in [3.05, 3.63) is 77.8 Å². The highest BCUT2D eigenvalue weighted by molar-refractivity contribution is 5.97. The summed E-state index contributed by atoms with van der Waals surface area (Å²) in [5.41, 5.74) is 1.03. The zero-order valence-electron chi connectivity index (χ0n) is 11.3. The number of hydrogen-bond donors (Lipinski definition) is 1. The molecule has 1 N–H and O–H groups in total.